The topological polar surface area (TPSA) is 26.3 Å². The van der Waals surface area contributed by atoms with Crippen LogP contribution in [0, 0.1) is 0 Å². The molecular weight excluding hydrogens is 196 g/mol. The van der Waals surface area contributed by atoms with Crippen LogP contribution in [0.15, 0.2) is 29.2 Å². The van der Waals surface area contributed by atoms with Gasteiger partial charge in [-0.25, -0.2) is 4.79 Å². The Balaban J connectivity index is 2.89. The van der Waals surface area contributed by atoms with Crippen molar-refractivity contribution in [2.75, 3.05) is 6.26 Å². The fraction of sp³-hybridized carbons (Fsp3) is 0.125. The zero-order valence-electron chi connectivity index (χ0n) is 6.41. The van der Waals surface area contributed by atoms with Gasteiger partial charge in [0.15, 0.2) is 0 Å². The Bertz CT molecular complexity index is 288. The van der Waals surface area contributed by atoms with Crippen molar-refractivity contribution in [3.05, 3.63) is 24.3 Å². The summed E-state index contributed by atoms with van der Waals surface area (Å²) in [5, 5.41) is 0. The van der Waals surface area contributed by atoms with Gasteiger partial charge in [0.2, 0.25) is 0 Å². The van der Waals surface area contributed by atoms with Gasteiger partial charge in [-0.15, -0.1) is 11.8 Å². The van der Waals surface area contributed by atoms with Crippen LogP contribution in [0.25, 0.3) is 0 Å². The third-order valence-electron chi connectivity index (χ3n) is 1.26. The molecule has 0 fully saturated rings. The molecule has 0 bridgehead atoms. The minimum atomic E-state index is -0.809. The lowest BCUT2D eigenvalue weighted by molar-refractivity contribution is 0.224. The molecule has 0 saturated carbocycles. The number of thioether (sulfide) groups is 1. The average Bonchev–Trinajstić information content (AvgIpc) is 2.04. The van der Waals surface area contributed by atoms with Gasteiger partial charge in [0.25, 0.3) is 0 Å². The maximum atomic E-state index is 10.4. The Hall–Kier alpha value is -0.670. The molecule has 0 amide bonds. The zero-order chi connectivity index (χ0) is 8.97. The second kappa shape index (κ2) is 4.38. The molecule has 2 nitrogen and oxygen atoms in total. The molecular formula is C8H7ClO2S. The van der Waals surface area contributed by atoms with Crippen molar-refractivity contribution in [1.82, 2.24) is 0 Å². The van der Waals surface area contributed by atoms with E-state index in [2.05, 4.69) is 0 Å². The summed E-state index contributed by atoms with van der Waals surface area (Å²) < 4.78 is 4.74. The third-order valence-corrected chi connectivity index (χ3v) is 2.11. The van der Waals surface area contributed by atoms with Gasteiger partial charge in [-0.2, -0.15) is 0 Å². The van der Waals surface area contributed by atoms with E-state index in [1.165, 1.54) is 11.8 Å². The van der Waals surface area contributed by atoms with Gasteiger partial charge in [-0.1, -0.05) is 12.1 Å². The minimum Gasteiger partial charge on any atom is -0.413 e. The highest BCUT2D eigenvalue weighted by Gasteiger charge is 2.04. The molecule has 4 heteroatoms. The number of halogens is 1. The lowest BCUT2D eigenvalue weighted by atomic mass is 10.3. The molecule has 0 N–H and O–H groups in total. The van der Waals surface area contributed by atoms with E-state index in [4.69, 9.17) is 16.3 Å². The van der Waals surface area contributed by atoms with Crippen molar-refractivity contribution >= 4 is 28.8 Å². The molecule has 1 aromatic rings. The van der Waals surface area contributed by atoms with Crippen molar-refractivity contribution in [3.8, 4) is 5.75 Å². The first-order valence-electron chi connectivity index (χ1n) is 3.24. The van der Waals surface area contributed by atoms with Gasteiger partial charge >= 0.3 is 5.43 Å². The van der Waals surface area contributed by atoms with E-state index >= 15 is 0 Å². The summed E-state index contributed by atoms with van der Waals surface area (Å²) in [7, 11) is 0. The van der Waals surface area contributed by atoms with E-state index in [0.29, 0.717) is 5.75 Å². The molecule has 0 aliphatic rings. The number of carbonyl (C=O) groups excluding carboxylic acids is 1. The number of para-hydroxylation sites is 1. The summed E-state index contributed by atoms with van der Waals surface area (Å²) >= 11 is 6.57. The molecule has 0 radical (unpaired) electrons. The Labute approximate surface area is 79.9 Å². The van der Waals surface area contributed by atoms with Crippen molar-refractivity contribution in [3.63, 3.8) is 0 Å². The summed E-state index contributed by atoms with van der Waals surface area (Å²) in [5.41, 5.74) is -0.809. The largest absolute Gasteiger partial charge is 0.413 e. The van der Waals surface area contributed by atoms with Gasteiger partial charge in [0, 0.05) is 16.5 Å². The van der Waals surface area contributed by atoms with Crippen LogP contribution < -0.4 is 4.74 Å². The van der Waals surface area contributed by atoms with Gasteiger partial charge in [0.05, 0.1) is 0 Å². The molecule has 1 aromatic carbocycles. The molecule has 0 unspecified atom stereocenters. The van der Waals surface area contributed by atoms with Gasteiger partial charge in [-0.05, 0) is 18.4 Å². The van der Waals surface area contributed by atoms with E-state index in [1.54, 1.807) is 12.1 Å². The number of ether oxygens (including phenoxy) is 1. The van der Waals surface area contributed by atoms with Gasteiger partial charge < -0.3 is 4.74 Å². The fourth-order valence-corrected chi connectivity index (χ4v) is 1.40. The number of hydrogen-bond donors (Lipinski definition) is 0. The molecule has 0 aromatic heterocycles. The standard InChI is InChI=1S/C8H7ClO2S/c1-12-7-5-3-2-4-6(7)11-8(9)10/h2-5H,1H3. The molecule has 64 valence electrons. The summed E-state index contributed by atoms with van der Waals surface area (Å²) in [5.74, 6) is 0.505. The Kier molecular flexibility index (Phi) is 3.44. The Morgan fingerprint density at radius 1 is 1.50 bits per heavy atom. The lowest BCUT2D eigenvalue weighted by Gasteiger charge is -2.03. The van der Waals surface area contributed by atoms with Crippen LogP contribution in [-0.4, -0.2) is 11.7 Å². The molecule has 0 atom stereocenters. The first-order valence-corrected chi connectivity index (χ1v) is 4.84. The highest BCUT2D eigenvalue weighted by atomic mass is 35.5. The molecule has 0 spiro atoms. The average molecular weight is 203 g/mol. The fourth-order valence-electron chi connectivity index (χ4n) is 0.790. The molecule has 0 aliphatic heterocycles. The SMILES string of the molecule is CSc1ccccc1OC(=O)Cl. The summed E-state index contributed by atoms with van der Waals surface area (Å²) in [6.45, 7) is 0. The molecule has 1 rings (SSSR count). The summed E-state index contributed by atoms with van der Waals surface area (Å²) in [6, 6.07) is 7.22. The van der Waals surface area contributed by atoms with E-state index in [0.717, 1.165) is 4.90 Å². The second-order valence-electron chi connectivity index (χ2n) is 1.99. The van der Waals surface area contributed by atoms with Crippen LogP contribution in [-0.2, 0) is 0 Å². The quantitative estimate of drug-likeness (QED) is 0.545. The maximum Gasteiger partial charge on any atom is 0.409 e. The van der Waals surface area contributed by atoms with Gasteiger partial charge in [-0.3, -0.25) is 0 Å². The summed E-state index contributed by atoms with van der Waals surface area (Å²) in [6.07, 6.45) is 1.90. The van der Waals surface area contributed by atoms with Crippen molar-refractivity contribution in [2.45, 2.75) is 4.90 Å². The van der Waals surface area contributed by atoms with E-state index < -0.39 is 5.43 Å². The van der Waals surface area contributed by atoms with Crippen LogP contribution in [0.4, 0.5) is 4.79 Å². The number of rotatable bonds is 2. The van der Waals surface area contributed by atoms with Crippen LogP contribution in [0.2, 0.25) is 0 Å². The maximum absolute atomic E-state index is 10.4. The Morgan fingerprint density at radius 3 is 2.75 bits per heavy atom. The zero-order valence-corrected chi connectivity index (χ0v) is 7.98. The predicted molar refractivity (Wildman–Crippen MR) is 50.1 cm³/mol. The predicted octanol–water partition coefficient (Wildman–Crippen LogP) is 3.15. The molecule has 0 saturated heterocycles. The number of hydrogen-bond acceptors (Lipinski definition) is 3. The van der Waals surface area contributed by atoms with Crippen molar-refractivity contribution in [1.29, 1.82) is 0 Å². The van der Waals surface area contributed by atoms with Crippen LogP contribution in [0.3, 0.4) is 0 Å². The molecule has 0 heterocycles. The van der Waals surface area contributed by atoms with Crippen LogP contribution >= 0.6 is 23.4 Å². The Morgan fingerprint density at radius 2 is 2.17 bits per heavy atom. The summed E-state index contributed by atoms with van der Waals surface area (Å²) in [4.78, 5) is 11.3. The number of benzene rings is 1. The molecule has 12 heavy (non-hydrogen) atoms. The molecule has 0 aliphatic carbocycles. The van der Waals surface area contributed by atoms with E-state index in [-0.39, 0.29) is 0 Å². The van der Waals surface area contributed by atoms with Crippen LogP contribution in [0.1, 0.15) is 0 Å². The van der Waals surface area contributed by atoms with Crippen molar-refractivity contribution in [2.24, 2.45) is 0 Å². The highest BCUT2D eigenvalue weighted by molar-refractivity contribution is 7.98. The normalized spacial score (nSPS) is 9.50. The second-order valence-corrected chi connectivity index (χ2v) is 3.15. The first-order chi connectivity index (χ1) is 5.74. The minimum absolute atomic E-state index is 0.505. The number of carbonyl (C=O) groups is 1. The smallest absolute Gasteiger partial charge is 0.409 e. The van der Waals surface area contributed by atoms with Crippen molar-refractivity contribution < 1.29 is 9.53 Å². The van der Waals surface area contributed by atoms with E-state index in [1.807, 2.05) is 18.4 Å². The van der Waals surface area contributed by atoms with Crippen LogP contribution in [0.5, 0.6) is 5.75 Å². The first kappa shape index (κ1) is 9.42. The van der Waals surface area contributed by atoms with Gasteiger partial charge in [0.1, 0.15) is 5.75 Å². The monoisotopic (exact) mass is 202 g/mol. The highest BCUT2D eigenvalue weighted by Crippen LogP contribution is 2.27. The van der Waals surface area contributed by atoms with E-state index in [9.17, 15) is 4.79 Å². The lowest BCUT2D eigenvalue weighted by Crippen LogP contribution is -1.96. The third kappa shape index (κ3) is 2.43.